The van der Waals surface area contributed by atoms with Gasteiger partial charge in [-0.2, -0.15) is 0 Å². The van der Waals surface area contributed by atoms with Crippen molar-refractivity contribution in [3.8, 4) is 0 Å². The molecule has 2 rings (SSSR count). The van der Waals surface area contributed by atoms with Crippen molar-refractivity contribution in [2.24, 2.45) is 0 Å². The zero-order valence-corrected chi connectivity index (χ0v) is 8.95. The van der Waals surface area contributed by atoms with Gasteiger partial charge < -0.3 is 4.48 Å². The summed E-state index contributed by atoms with van der Waals surface area (Å²) in [5, 5.41) is 0. The molecule has 0 spiro atoms. The summed E-state index contributed by atoms with van der Waals surface area (Å²) in [4.78, 5) is 4.17. The molecule has 76 valence electrons. The van der Waals surface area contributed by atoms with Gasteiger partial charge in [-0.3, -0.25) is 4.98 Å². The lowest BCUT2D eigenvalue weighted by molar-refractivity contribution is -0.926. The van der Waals surface area contributed by atoms with Gasteiger partial charge in [-0.1, -0.05) is 6.07 Å². The molecule has 0 aliphatic carbocycles. The van der Waals surface area contributed by atoms with Crippen LogP contribution >= 0.6 is 0 Å². The van der Waals surface area contributed by atoms with Crippen molar-refractivity contribution in [3.63, 3.8) is 0 Å². The Bertz CT molecular complexity index is 276. The number of nitrogens with zero attached hydrogens (tertiary/aromatic N) is 2. The predicted molar refractivity (Wildman–Crippen MR) is 57.7 cm³/mol. The van der Waals surface area contributed by atoms with Crippen LogP contribution in [0, 0.1) is 0 Å². The zero-order chi connectivity index (χ0) is 9.86. The first-order valence-corrected chi connectivity index (χ1v) is 5.51. The summed E-state index contributed by atoms with van der Waals surface area (Å²) in [6, 6.07) is 4.22. The minimum Gasteiger partial charge on any atom is -0.322 e. The number of hydrogen-bond donors (Lipinski definition) is 0. The van der Waals surface area contributed by atoms with Gasteiger partial charge in [0.2, 0.25) is 0 Å². The van der Waals surface area contributed by atoms with Crippen LogP contribution in [0.1, 0.15) is 24.8 Å². The van der Waals surface area contributed by atoms with Gasteiger partial charge in [-0.25, -0.2) is 0 Å². The third-order valence-corrected chi connectivity index (χ3v) is 3.18. The molecule has 2 heteroatoms. The third-order valence-electron chi connectivity index (χ3n) is 3.18. The molecule has 0 atom stereocenters. The highest BCUT2D eigenvalue weighted by Crippen LogP contribution is 2.19. The summed E-state index contributed by atoms with van der Waals surface area (Å²) in [5.41, 5.74) is 1.37. The molecule has 1 fully saturated rings. The van der Waals surface area contributed by atoms with E-state index in [-0.39, 0.29) is 0 Å². The Morgan fingerprint density at radius 2 is 2.07 bits per heavy atom. The van der Waals surface area contributed by atoms with Crippen molar-refractivity contribution in [1.82, 2.24) is 4.98 Å². The van der Waals surface area contributed by atoms with E-state index in [1.165, 1.54) is 42.4 Å². The molecule has 1 aliphatic heterocycles. The highest BCUT2D eigenvalue weighted by molar-refractivity contribution is 5.06. The summed E-state index contributed by atoms with van der Waals surface area (Å²) in [6.45, 7) is 3.80. The molecule has 0 saturated carbocycles. The highest BCUT2D eigenvalue weighted by Gasteiger charge is 2.24. The van der Waals surface area contributed by atoms with Crippen LogP contribution in [-0.2, 0) is 6.54 Å². The Balaban J connectivity index is 2.02. The largest absolute Gasteiger partial charge is 0.322 e. The van der Waals surface area contributed by atoms with Crippen LogP contribution in [0.2, 0.25) is 0 Å². The SMILES string of the molecule is C[N+]1(Cc2cccnc2)CCCCC1. The van der Waals surface area contributed by atoms with Gasteiger partial charge >= 0.3 is 0 Å². The summed E-state index contributed by atoms with van der Waals surface area (Å²) in [6.07, 6.45) is 8.03. The Labute approximate surface area is 86.2 Å². The number of aromatic nitrogens is 1. The van der Waals surface area contributed by atoms with E-state index in [0.29, 0.717) is 0 Å². The van der Waals surface area contributed by atoms with Crippen molar-refractivity contribution in [3.05, 3.63) is 30.1 Å². The standard InChI is InChI=1S/C12H19N2/c1-14(8-3-2-4-9-14)11-12-6-5-7-13-10-12/h5-7,10H,2-4,8-9,11H2,1H3/q+1. The van der Waals surface area contributed by atoms with Crippen LogP contribution in [0.5, 0.6) is 0 Å². The molecule has 2 heterocycles. The fourth-order valence-corrected chi connectivity index (χ4v) is 2.37. The second-order valence-electron chi connectivity index (χ2n) is 4.65. The lowest BCUT2D eigenvalue weighted by atomic mass is 10.1. The van der Waals surface area contributed by atoms with Crippen molar-refractivity contribution >= 4 is 0 Å². The molecule has 1 saturated heterocycles. The first-order chi connectivity index (χ1) is 6.79. The fraction of sp³-hybridized carbons (Fsp3) is 0.583. The summed E-state index contributed by atoms with van der Waals surface area (Å²) in [7, 11) is 2.37. The minimum absolute atomic E-state index is 1.15. The number of pyridine rings is 1. The Morgan fingerprint density at radius 3 is 2.71 bits per heavy atom. The normalized spacial score (nSPS) is 20.6. The molecular formula is C12H19N2+. The molecule has 0 aromatic carbocycles. The number of hydrogen-bond acceptors (Lipinski definition) is 1. The Morgan fingerprint density at radius 1 is 1.29 bits per heavy atom. The van der Waals surface area contributed by atoms with Crippen LogP contribution < -0.4 is 0 Å². The maximum atomic E-state index is 4.17. The van der Waals surface area contributed by atoms with E-state index in [1.54, 1.807) is 0 Å². The molecule has 0 amide bonds. The lowest BCUT2D eigenvalue weighted by Crippen LogP contribution is -2.46. The van der Waals surface area contributed by atoms with Gasteiger partial charge in [0.15, 0.2) is 0 Å². The van der Waals surface area contributed by atoms with E-state index in [4.69, 9.17) is 0 Å². The molecule has 1 aromatic heterocycles. The summed E-state index contributed by atoms with van der Waals surface area (Å²) >= 11 is 0. The van der Waals surface area contributed by atoms with Crippen LogP contribution in [0.4, 0.5) is 0 Å². The topological polar surface area (TPSA) is 12.9 Å². The first kappa shape index (κ1) is 9.66. The molecule has 0 N–H and O–H groups in total. The van der Waals surface area contributed by atoms with E-state index in [1.807, 2.05) is 18.5 Å². The number of likely N-dealkylation sites (tertiary alicyclic amines) is 1. The van der Waals surface area contributed by atoms with Gasteiger partial charge in [0.05, 0.1) is 20.1 Å². The quantitative estimate of drug-likeness (QED) is 0.653. The Hall–Kier alpha value is -0.890. The molecule has 14 heavy (non-hydrogen) atoms. The van der Waals surface area contributed by atoms with Crippen LogP contribution in [0.25, 0.3) is 0 Å². The minimum atomic E-state index is 1.15. The molecule has 0 bridgehead atoms. The van der Waals surface area contributed by atoms with Crippen LogP contribution in [-0.4, -0.2) is 29.6 Å². The fourth-order valence-electron chi connectivity index (χ4n) is 2.37. The Kier molecular flexibility index (Phi) is 2.82. The van der Waals surface area contributed by atoms with Crippen molar-refractivity contribution in [2.75, 3.05) is 20.1 Å². The van der Waals surface area contributed by atoms with Crippen molar-refractivity contribution in [1.29, 1.82) is 0 Å². The monoisotopic (exact) mass is 191 g/mol. The van der Waals surface area contributed by atoms with Gasteiger partial charge in [-0.15, -0.1) is 0 Å². The number of rotatable bonds is 2. The summed E-state index contributed by atoms with van der Waals surface area (Å²) < 4.78 is 1.20. The van der Waals surface area contributed by atoms with Crippen molar-refractivity contribution < 1.29 is 4.48 Å². The number of piperidine rings is 1. The van der Waals surface area contributed by atoms with E-state index in [9.17, 15) is 0 Å². The second kappa shape index (κ2) is 4.09. The van der Waals surface area contributed by atoms with Crippen molar-refractivity contribution in [2.45, 2.75) is 25.8 Å². The molecule has 1 aromatic rings. The van der Waals surface area contributed by atoms with E-state index in [0.717, 1.165) is 6.54 Å². The predicted octanol–water partition coefficient (Wildman–Crippen LogP) is 2.21. The van der Waals surface area contributed by atoms with Crippen LogP contribution in [0.3, 0.4) is 0 Å². The molecule has 0 radical (unpaired) electrons. The highest BCUT2D eigenvalue weighted by atomic mass is 15.3. The average Bonchev–Trinajstić information content (AvgIpc) is 2.19. The zero-order valence-electron chi connectivity index (χ0n) is 8.95. The maximum absolute atomic E-state index is 4.17. The molecular weight excluding hydrogens is 172 g/mol. The smallest absolute Gasteiger partial charge is 0.106 e. The molecule has 0 unspecified atom stereocenters. The number of quaternary nitrogens is 1. The molecule has 1 aliphatic rings. The lowest BCUT2D eigenvalue weighted by Gasteiger charge is -2.37. The maximum Gasteiger partial charge on any atom is 0.106 e. The van der Waals surface area contributed by atoms with Gasteiger partial charge in [-0.05, 0) is 25.3 Å². The first-order valence-electron chi connectivity index (χ1n) is 5.51. The second-order valence-corrected chi connectivity index (χ2v) is 4.65. The van der Waals surface area contributed by atoms with E-state index in [2.05, 4.69) is 18.1 Å². The van der Waals surface area contributed by atoms with E-state index >= 15 is 0 Å². The van der Waals surface area contributed by atoms with Gasteiger partial charge in [0.25, 0.3) is 0 Å². The third kappa shape index (κ3) is 2.32. The van der Waals surface area contributed by atoms with Crippen LogP contribution in [0.15, 0.2) is 24.5 Å². The van der Waals surface area contributed by atoms with Gasteiger partial charge in [0.1, 0.15) is 6.54 Å². The summed E-state index contributed by atoms with van der Waals surface area (Å²) in [5.74, 6) is 0. The van der Waals surface area contributed by atoms with E-state index < -0.39 is 0 Å². The molecule has 2 nitrogen and oxygen atoms in total. The van der Waals surface area contributed by atoms with Gasteiger partial charge in [0, 0.05) is 18.0 Å². The average molecular weight is 191 g/mol.